The Hall–Kier alpha value is -1.43. The van der Waals surface area contributed by atoms with Gasteiger partial charge >= 0.3 is 0 Å². The summed E-state index contributed by atoms with van der Waals surface area (Å²) in [6.07, 6.45) is 4.81. The summed E-state index contributed by atoms with van der Waals surface area (Å²) in [5, 5.41) is 11.9. The fourth-order valence-corrected chi connectivity index (χ4v) is 2.64. The predicted octanol–water partition coefficient (Wildman–Crippen LogP) is 1.75. The number of hydrogen-bond acceptors (Lipinski definition) is 5. The number of nitrogens with two attached hydrogens (primary N) is 1. The maximum absolute atomic E-state index is 8.81. The van der Waals surface area contributed by atoms with Crippen LogP contribution in [-0.2, 0) is 0 Å². The van der Waals surface area contributed by atoms with Crippen molar-refractivity contribution in [3.63, 3.8) is 0 Å². The number of nitrogens with zero attached hydrogens (tertiary/aromatic N) is 3. The van der Waals surface area contributed by atoms with Crippen molar-refractivity contribution in [3.05, 3.63) is 23.9 Å². The number of amidine groups is 1. The molecule has 0 aliphatic rings. The summed E-state index contributed by atoms with van der Waals surface area (Å²) < 4.78 is 0. The van der Waals surface area contributed by atoms with E-state index in [1.807, 2.05) is 7.05 Å². The van der Waals surface area contributed by atoms with E-state index in [1.165, 1.54) is 0 Å². The second-order valence-electron chi connectivity index (χ2n) is 3.99. The van der Waals surface area contributed by atoms with Crippen molar-refractivity contribution in [2.45, 2.75) is 19.4 Å². The van der Waals surface area contributed by atoms with Crippen LogP contribution in [0.4, 0.5) is 5.82 Å². The van der Waals surface area contributed by atoms with E-state index in [2.05, 4.69) is 28.2 Å². The number of oxime groups is 1. The number of pyridine rings is 1. The van der Waals surface area contributed by atoms with Gasteiger partial charge in [-0.3, -0.25) is 0 Å². The van der Waals surface area contributed by atoms with E-state index >= 15 is 0 Å². The van der Waals surface area contributed by atoms with Crippen LogP contribution < -0.4 is 10.6 Å². The minimum Gasteiger partial charge on any atom is -0.409 e. The minimum absolute atomic E-state index is 0.0870. The largest absolute Gasteiger partial charge is 0.409 e. The number of hydrogen-bond donors (Lipinski definition) is 2. The van der Waals surface area contributed by atoms with Gasteiger partial charge in [-0.25, -0.2) is 4.98 Å². The minimum atomic E-state index is 0.0870. The van der Waals surface area contributed by atoms with Gasteiger partial charge in [-0.05, 0) is 24.8 Å². The van der Waals surface area contributed by atoms with Crippen LogP contribution in [0.5, 0.6) is 0 Å². The van der Waals surface area contributed by atoms with Gasteiger partial charge in [0.15, 0.2) is 5.84 Å². The van der Waals surface area contributed by atoms with E-state index in [4.69, 9.17) is 10.9 Å². The van der Waals surface area contributed by atoms with Gasteiger partial charge < -0.3 is 15.8 Å². The summed E-state index contributed by atoms with van der Waals surface area (Å²) >= 11 is 1.80. The highest BCUT2D eigenvalue weighted by atomic mass is 32.2. The SMILES string of the molecule is CCC(CSC)N(C)c1ncccc1/C(N)=N/O. The zero-order chi connectivity index (χ0) is 13.5. The van der Waals surface area contributed by atoms with Crippen molar-refractivity contribution >= 4 is 23.4 Å². The van der Waals surface area contributed by atoms with Crippen molar-refractivity contribution in [1.29, 1.82) is 0 Å². The van der Waals surface area contributed by atoms with Crippen molar-refractivity contribution in [2.75, 3.05) is 24.0 Å². The van der Waals surface area contributed by atoms with Crippen molar-refractivity contribution in [2.24, 2.45) is 10.9 Å². The van der Waals surface area contributed by atoms with E-state index < -0.39 is 0 Å². The molecule has 0 bridgehead atoms. The molecular weight excluding hydrogens is 248 g/mol. The second kappa shape index (κ2) is 7.10. The van der Waals surface area contributed by atoms with Crippen LogP contribution in [0.1, 0.15) is 18.9 Å². The third kappa shape index (κ3) is 3.29. The fraction of sp³-hybridized carbons (Fsp3) is 0.500. The molecule has 0 spiro atoms. The molecule has 100 valence electrons. The Morgan fingerprint density at radius 1 is 1.67 bits per heavy atom. The van der Waals surface area contributed by atoms with Gasteiger partial charge in [-0.1, -0.05) is 12.1 Å². The normalized spacial score (nSPS) is 13.4. The summed E-state index contributed by atoms with van der Waals surface area (Å²) in [4.78, 5) is 6.43. The van der Waals surface area contributed by atoms with Crippen LogP contribution in [0, 0.1) is 0 Å². The zero-order valence-corrected chi connectivity index (χ0v) is 11.8. The third-order valence-corrected chi connectivity index (χ3v) is 3.60. The van der Waals surface area contributed by atoms with Crippen LogP contribution in [0.3, 0.4) is 0 Å². The van der Waals surface area contributed by atoms with Crippen LogP contribution in [0.25, 0.3) is 0 Å². The molecule has 1 aromatic heterocycles. The third-order valence-electron chi connectivity index (χ3n) is 2.88. The second-order valence-corrected chi connectivity index (χ2v) is 4.90. The monoisotopic (exact) mass is 268 g/mol. The van der Waals surface area contributed by atoms with Crippen LogP contribution in [0.15, 0.2) is 23.5 Å². The van der Waals surface area contributed by atoms with Gasteiger partial charge in [0, 0.05) is 25.0 Å². The van der Waals surface area contributed by atoms with Crippen LogP contribution in [-0.4, -0.2) is 41.1 Å². The lowest BCUT2D eigenvalue weighted by Gasteiger charge is -2.29. The molecule has 1 heterocycles. The lowest BCUT2D eigenvalue weighted by Crippen LogP contribution is -2.35. The summed E-state index contributed by atoms with van der Waals surface area (Å²) in [5.41, 5.74) is 6.33. The van der Waals surface area contributed by atoms with Gasteiger partial charge in [0.1, 0.15) is 5.82 Å². The summed E-state index contributed by atoms with van der Waals surface area (Å²) in [7, 11) is 1.99. The van der Waals surface area contributed by atoms with Crippen LogP contribution in [0.2, 0.25) is 0 Å². The summed E-state index contributed by atoms with van der Waals surface area (Å²) in [6.45, 7) is 2.14. The van der Waals surface area contributed by atoms with Gasteiger partial charge in [0.05, 0.1) is 5.56 Å². The standard InChI is InChI=1S/C12H20N4OS/c1-4-9(8-18-3)16(2)12-10(11(13)15-17)6-5-7-14-12/h5-7,9,17H,4,8H2,1-3H3,(H2,13,15). The van der Waals surface area contributed by atoms with Crippen molar-refractivity contribution in [3.8, 4) is 0 Å². The molecule has 0 saturated carbocycles. The smallest absolute Gasteiger partial charge is 0.173 e. The lowest BCUT2D eigenvalue weighted by molar-refractivity contribution is 0.318. The number of anilines is 1. The van der Waals surface area contributed by atoms with E-state index in [9.17, 15) is 0 Å². The quantitative estimate of drug-likeness (QED) is 0.356. The van der Waals surface area contributed by atoms with E-state index in [1.54, 1.807) is 30.1 Å². The van der Waals surface area contributed by atoms with Gasteiger partial charge in [0.2, 0.25) is 0 Å². The topological polar surface area (TPSA) is 74.7 Å². The first-order chi connectivity index (χ1) is 8.65. The Labute approximate surface area is 112 Å². The summed E-state index contributed by atoms with van der Waals surface area (Å²) in [5.74, 6) is 1.84. The maximum atomic E-state index is 8.81. The molecule has 0 fully saturated rings. The molecule has 0 aliphatic carbocycles. The number of rotatable bonds is 6. The first kappa shape index (κ1) is 14.6. The molecule has 6 heteroatoms. The van der Waals surface area contributed by atoms with Gasteiger partial charge in [-0.2, -0.15) is 11.8 Å². The first-order valence-corrected chi connectivity index (χ1v) is 7.19. The van der Waals surface area contributed by atoms with E-state index in [-0.39, 0.29) is 5.84 Å². The molecule has 0 aromatic carbocycles. The Morgan fingerprint density at radius 2 is 2.39 bits per heavy atom. The highest BCUT2D eigenvalue weighted by Gasteiger charge is 2.18. The molecule has 0 radical (unpaired) electrons. The zero-order valence-electron chi connectivity index (χ0n) is 11.0. The first-order valence-electron chi connectivity index (χ1n) is 5.80. The number of thioether (sulfide) groups is 1. The molecular formula is C12H20N4OS. The molecule has 5 nitrogen and oxygen atoms in total. The van der Waals surface area contributed by atoms with Crippen molar-refractivity contribution < 1.29 is 5.21 Å². The molecule has 0 saturated heterocycles. The average Bonchev–Trinajstić information content (AvgIpc) is 2.43. The molecule has 1 aromatic rings. The lowest BCUT2D eigenvalue weighted by atomic mass is 10.2. The van der Waals surface area contributed by atoms with Crippen LogP contribution >= 0.6 is 11.8 Å². The molecule has 1 unspecified atom stereocenters. The Kier molecular flexibility index (Phi) is 5.77. The molecule has 1 atom stereocenters. The molecule has 0 amide bonds. The molecule has 0 aliphatic heterocycles. The number of aromatic nitrogens is 1. The summed E-state index contributed by atoms with van der Waals surface area (Å²) in [6, 6.07) is 3.96. The Bertz CT molecular complexity index is 411. The molecule has 18 heavy (non-hydrogen) atoms. The highest BCUT2D eigenvalue weighted by molar-refractivity contribution is 7.98. The fourth-order valence-electron chi connectivity index (χ4n) is 1.80. The average molecular weight is 268 g/mol. The maximum Gasteiger partial charge on any atom is 0.173 e. The van der Waals surface area contributed by atoms with Crippen molar-refractivity contribution in [1.82, 2.24) is 4.98 Å². The van der Waals surface area contributed by atoms with E-state index in [0.717, 1.165) is 18.0 Å². The Balaban J connectivity index is 3.08. The molecule has 1 rings (SSSR count). The Morgan fingerprint density at radius 3 is 2.94 bits per heavy atom. The van der Waals surface area contributed by atoms with E-state index in [0.29, 0.717) is 11.6 Å². The predicted molar refractivity (Wildman–Crippen MR) is 77.6 cm³/mol. The van der Waals surface area contributed by atoms with Gasteiger partial charge in [-0.15, -0.1) is 0 Å². The van der Waals surface area contributed by atoms with Gasteiger partial charge in [0.25, 0.3) is 0 Å². The molecule has 3 N–H and O–H groups in total. The highest BCUT2D eigenvalue weighted by Crippen LogP contribution is 2.20.